The molecule has 0 N–H and O–H groups in total. The van der Waals surface area contributed by atoms with Gasteiger partial charge in [-0.1, -0.05) is 24.3 Å². The summed E-state index contributed by atoms with van der Waals surface area (Å²) in [6.45, 7) is 0. The Bertz CT molecular complexity index is 568. The van der Waals surface area contributed by atoms with Crippen LogP contribution in [-0.2, 0) is 14.6 Å². The molecular weight excluding hydrogens is 224 g/mol. The molecule has 0 aliphatic heterocycles. The van der Waals surface area contributed by atoms with Crippen LogP contribution in [0.3, 0.4) is 0 Å². The van der Waals surface area contributed by atoms with Crippen LogP contribution in [0.25, 0.3) is 5.57 Å². The minimum atomic E-state index is -3.29. The monoisotopic (exact) mass is 236 g/mol. The number of carbonyl (C=O) groups is 1. The highest BCUT2D eigenvalue weighted by Gasteiger charge is 2.22. The zero-order valence-corrected chi connectivity index (χ0v) is 9.75. The Balaban J connectivity index is 2.62. The van der Waals surface area contributed by atoms with Gasteiger partial charge in [-0.25, -0.2) is 8.42 Å². The predicted molar refractivity (Wildman–Crippen MR) is 61.8 cm³/mol. The van der Waals surface area contributed by atoms with Crippen LogP contribution >= 0.6 is 0 Å². The second kappa shape index (κ2) is 3.87. The molecule has 3 nitrogen and oxygen atoms in total. The summed E-state index contributed by atoms with van der Waals surface area (Å²) in [4.78, 5) is 11.8. The van der Waals surface area contributed by atoms with Gasteiger partial charge in [0.25, 0.3) is 0 Å². The summed E-state index contributed by atoms with van der Waals surface area (Å²) in [5.41, 5.74) is 1.08. The number of allylic oxidation sites excluding steroid dienone is 2. The van der Waals surface area contributed by atoms with Gasteiger partial charge in [0, 0.05) is 23.8 Å². The van der Waals surface area contributed by atoms with E-state index in [1.807, 2.05) is 6.08 Å². The Labute approximate surface area is 94.7 Å². The van der Waals surface area contributed by atoms with Crippen LogP contribution in [0.1, 0.15) is 18.4 Å². The van der Waals surface area contributed by atoms with Gasteiger partial charge in [0.05, 0.1) is 4.90 Å². The molecule has 0 atom stereocenters. The molecule has 0 amide bonds. The zero-order valence-electron chi connectivity index (χ0n) is 8.93. The summed E-state index contributed by atoms with van der Waals surface area (Å²) in [6.07, 6.45) is 4.15. The Hall–Kier alpha value is -1.42. The second-order valence-corrected chi connectivity index (χ2v) is 5.83. The zero-order chi connectivity index (χ0) is 11.8. The number of Topliss-reactive ketones (excluding diaryl/α,β-unsaturated/α-hetero) is 1. The van der Waals surface area contributed by atoms with Crippen LogP contribution in [-0.4, -0.2) is 20.5 Å². The predicted octanol–water partition coefficient (Wildman–Crippen LogP) is 1.84. The highest BCUT2D eigenvalue weighted by atomic mass is 32.2. The molecular formula is C12H12O3S. The van der Waals surface area contributed by atoms with Crippen molar-refractivity contribution in [2.45, 2.75) is 17.7 Å². The topological polar surface area (TPSA) is 51.2 Å². The Morgan fingerprint density at radius 2 is 1.88 bits per heavy atom. The van der Waals surface area contributed by atoms with Crippen molar-refractivity contribution in [1.29, 1.82) is 0 Å². The van der Waals surface area contributed by atoms with E-state index in [4.69, 9.17) is 0 Å². The molecule has 0 aromatic heterocycles. The lowest BCUT2D eigenvalue weighted by molar-refractivity contribution is -0.113. The van der Waals surface area contributed by atoms with Gasteiger partial charge in [-0.2, -0.15) is 0 Å². The molecule has 16 heavy (non-hydrogen) atoms. The standard InChI is InChI=1S/C12H12O3S/c1-16(14,15)12-8-3-2-5-10(12)9-6-4-7-11(9)13/h2-3,5-6,8H,4,7H2,1H3. The number of hydrogen-bond donors (Lipinski definition) is 0. The quantitative estimate of drug-likeness (QED) is 0.787. The average molecular weight is 236 g/mol. The van der Waals surface area contributed by atoms with E-state index in [1.165, 1.54) is 6.07 Å². The first-order chi connectivity index (χ1) is 7.50. The molecule has 4 heteroatoms. The van der Waals surface area contributed by atoms with E-state index < -0.39 is 9.84 Å². The molecule has 1 aliphatic rings. The fraction of sp³-hybridized carbons (Fsp3) is 0.250. The summed E-state index contributed by atoms with van der Waals surface area (Å²) in [7, 11) is -3.29. The fourth-order valence-electron chi connectivity index (χ4n) is 1.87. The minimum absolute atomic E-state index is 0.0242. The van der Waals surface area contributed by atoms with Gasteiger partial charge >= 0.3 is 0 Å². The van der Waals surface area contributed by atoms with E-state index in [9.17, 15) is 13.2 Å². The smallest absolute Gasteiger partial charge is 0.176 e. The maximum atomic E-state index is 11.6. The van der Waals surface area contributed by atoms with Crippen LogP contribution in [0.5, 0.6) is 0 Å². The van der Waals surface area contributed by atoms with Crippen LogP contribution in [0, 0.1) is 0 Å². The number of sulfone groups is 1. The van der Waals surface area contributed by atoms with Crippen molar-refractivity contribution in [1.82, 2.24) is 0 Å². The number of carbonyl (C=O) groups excluding carboxylic acids is 1. The lowest BCUT2D eigenvalue weighted by atomic mass is 10.0. The van der Waals surface area contributed by atoms with E-state index in [-0.39, 0.29) is 10.7 Å². The Morgan fingerprint density at radius 1 is 1.19 bits per heavy atom. The first-order valence-corrected chi connectivity index (χ1v) is 6.92. The van der Waals surface area contributed by atoms with Crippen LogP contribution in [0.4, 0.5) is 0 Å². The highest BCUT2D eigenvalue weighted by molar-refractivity contribution is 7.90. The van der Waals surface area contributed by atoms with Crippen molar-refractivity contribution < 1.29 is 13.2 Å². The third-order valence-corrected chi connectivity index (χ3v) is 3.75. The largest absolute Gasteiger partial charge is 0.294 e. The molecule has 0 saturated carbocycles. The number of hydrogen-bond acceptors (Lipinski definition) is 3. The molecule has 1 aliphatic carbocycles. The van der Waals surface area contributed by atoms with Gasteiger partial charge < -0.3 is 0 Å². The summed E-state index contributed by atoms with van der Waals surface area (Å²) >= 11 is 0. The van der Waals surface area contributed by atoms with Crippen molar-refractivity contribution in [2.24, 2.45) is 0 Å². The molecule has 1 aromatic rings. The van der Waals surface area contributed by atoms with Crippen molar-refractivity contribution in [3.05, 3.63) is 35.9 Å². The first kappa shape index (κ1) is 11.1. The normalized spacial score (nSPS) is 16.3. The van der Waals surface area contributed by atoms with Crippen LogP contribution in [0.2, 0.25) is 0 Å². The molecule has 0 spiro atoms. The second-order valence-electron chi connectivity index (χ2n) is 3.85. The molecule has 0 bridgehead atoms. The molecule has 0 saturated heterocycles. The SMILES string of the molecule is CS(=O)(=O)c1ccccc1C1=CCCC1=O. The molecule has 0 radical (unpaired) electrons. The van der Waals surface area contributed by atoms with Gasteiger partial charge in [-0.15, -0.1) is 0 Å². The average Bonchev–Trinajstić information content (AvgIpc) is 2.63. The third kappa shape index (κ3) is 1.93. The maximum Gasteiger partial charge on any atom is 0.176 e. The Morgan fingerprint density at radius 3 is 2.44 bits per heavy atom. The van der Waals surface area contributed by atoms with Crippen molar-refractivity contribution >= 4 is 21.2 Å². The van der Waals surface area contributed by atoms with Gasteiger partial charge in [0.2, 0.25) is 0 Å². The number of benzene rings is 1. The summed E-state index contributed by atoms with van der Waals surface area (Å²) in [5.74, 6) is 0.0242. The molecule has 0 fully saturated rings. The maximum absolute atomic E-state index is 11.6. The number of ketones is 1. The van der Waals surface area contributed by atoms with Crippen molar-refractivity contribution in [3.8, 4) is 0 Å². The van der Waals surface area contributed by atoms with Gasteiger partial charge in [-0.05, 0) is 12.5 Å². The van der Waals surface area contributed by atoms with E-state index in [2.05, 4.69) is 0 Å². The fourth-order valence-corrected chi connectivity index (χ4v) is 2.77. The minimum Gasteiger partial charge on any atom is -0.294 e. The van der Waals surface area contributed by atoms with Crippen LogP contribution < -0.4 is 0 Å². The van der Waals surface area contributed by atoms with Gasteiger partial charge in [0.15, 0.2) is 15.6 Å². The lowest BCUT2D eigenvalue weighted by Crippen LogP contribution is -2.04. The Kier molecular flexibility index (Phi) is 2.68. The van der Waals surface area contributed by atoms with Crippen molar-refractivity contribution in [3.63, 3.8) is 0 Å². The van der Waals surface area contributed by atoms with Crippen LogP contribution in [0.15, 0.2) is 35.2 Å². The highest BCUT2D eigenvalue weighted by Crippen LogP contribution is 2.29. The summed E-state index contributed by atoms with van der Waals surface area (Å²) < 4.78 is 23.2. The number of rotatable bonds is 2. The van der Waals surface area contributed by atoms with Gasteiger partial charge in [0.1, 0.15) is 0 Å². The molecule has 84 valence electrons. The van der Waals surface area contributed by atoms with Crippen molar-refractivity contribution in [2.75, 3.05) is 6.26 Å². The lowest BCUT2D eigenvalue weighted by Gasteiger charge is -2.07. The summed E-state index contributed by atoms with van der Waals surface area (Å²) in [5, 5.41) is 0. The van der Waals surface area contributed by atoms with E-state index >= 15 is 0 Å². The van der Waals surface area contributed by atoms with Gasteiger partial charge in [-0.3, -0.25) is 4.79 Å². The van der Waals surface area contributed by atoms with E-state index in [1.54, 1.807) is 18.2 Å². The molecule has 0 heterocycles. The molecule has 2 rings (SSSR count). The van der Waals surface area contributed by atoms with E-state index in [0.29, 0.717) is 24.0 Å². The molecule has 1 aromatic carbocycles. The molecule has 0 unspecified atom stereocenters. The van der Waals surface area contributed by atoms with E-state index in [0.717, 1.165) is 6.26 Å². The first-order valence-electron chi connectivity index (χ1n) is 5.03. The third-order valence-electron chi connectivity index (χ3n) is 2.60. The summed E-state index contributed by atoms with van der Waals surface area (Å²) in [6, 6.07) is 6.64.